The molecule has 5 heteroatoms. The van der Waals surface area contributed by atoms with Gasteiger partial charge in [-0.3, -0.25) is 4.90 Å². The van der Waals surface area contributed by atoms with E-state index in [1.54, 1.807) is 0 Å². The molecule has 5 rings (SSSR count). The summed E-state index contributed by atoms with van der Waals surface area (Å²) in [5.41, 5.74) is 10.1. The minimum Gasteiger partial charge on any atom is -0.378 e. The largest absolute Gasteiger partial charge is 0.378 e. The van der Waals surface area contributed by atoms with Crippen LogP contribution in [0.3, 0.4) is 0 Å². The molecule has 2 fully saturated rings. The van der Waals surface area contributed by atoms with E-state index in [1.807, 2.05) is 6.07 Å². The number of imidazole rings is 1. The number of nitrogens with two attached hydrogens (primary N) is 1. The Bertz CT molecular complexity index is 955. The number of aromatic nitrogens is 2. The number of benzene rings is 2. The third-order valence-electron chi connectivity index (χ3n) is 6.71. The number of ether oxygens (including phenoxy) is 1. The Balaban J connectivity index is 1.32. The van der Waals surface area contributed by atoms with Gasteiger partial charge in [0.25, 0.3) is 0 Å². The third kappa shape index (κ3) is 3.59. The molecule has 0 amide bonds. The summed E-state index contributed by atoms with van der Waals surface area (Å²) >= 11 is 0. The van der Waals surface area contributed by atoms with Crippen LogP contribution in [0.4, 0.5) is 0 Å². The fourth-order valence-electron chi connectivity index (χ4n) is 5.32. The highest BCUT2D eigenvalue weighted by molar-refractivity contribution is 5.76. The molecule has 0 saturated carbocycles. The molecule has 5 nitrogen and oxygen atoms in total. The number of hydrogen-bond donors (Lipinski definition) is 1. The number of aryl methyl sites for hydroxylation is 1. The molecule has 0 spiro atoms. The molecule has 152 valence electrons. The van der Waals surface area contributed by atoms with Gasteiger partial charge in [0.05, 0.1) is 24.2 Å². The molecule has 2 aliphatic rings. The average molecular weight is 391 g/mol. The highest BCUT2D eigenvalue weighted by Gasteiger charge is 2.40. The van der Waals surface area contributed by atoms with E-state index in [0.717, 1.165) is 50.4 Å². The van der Waals surface area contributed by atoms with E-state index in [0.29, 0.717) is 18.1 Å². The molecule has 0 aliphatic carbocycles. The summed E-state index contributed by atoms with van der Waals surface area (Å²) in [6, 6.07) is 20.4. The maximum atomic E-state index is 6.48. The van der Waals surface area contributed by atoms with E-state index < -0.39 is 0 Å². The Morgan fingerprint density at radius 2 is 1.69 bits per heavy atom. The Hall–Kier alpha value is -2.21. The van der Waals surface area contributed by atoms with Crippen LogP contribution in [0.5, 0.6) is 0 Å². The lowest BCUT2D eigenvalue weighted by atomic mass is 9.89. The van der Waals surface area contributed by atoms with Gasteiger partial charge >= 0.3 is 0 Å². The van der Waals surface area contributed by atoms with E-state index in [1.165, 1.54) is 11.1 Å². The first kappa shape index (κ1) is 18.8. The van der Waals surface area contributed by atoms with Crippen LogP contribution in [0.2, 0.25) is 0 Å². The third-order valence-corrected chi connectivity index (χ3v) is 6.71. The second-order valence-electron chi connectivity index (χ2n) is 8.53. The minimum absolute atomic E-state index is 0.0930. The second-order valence-corrected chi connectivity index (χ2v) is 8.53. The summed E-state index contributed by atoms with van der Waals surface area (Å²) in [5.74, 6) is 1.12. The van der Waals surface area contributed by atoms with Gasteiger partial charge in [0.15, 0.2) is 0 Å². The van der Waals surface area contributed by atoms with Gasteiger partial charge < -0.3 is 15.0 Å². The van der Waals surface area contributed by atoms with Crippen molar-refractivity contribution in [2.45, 2.75) is 50.4 Å². The molecule has 2 bridgehead atoms. The van der Waals surface area contributed by atoms with Crippen molar-refractivity contribution in [1.82, 2.24) is 14.5 Å². The highest BCUT2D eigenvalue weighted by atomic mass is 16.5. The van der Waals surface area contributed by atoms with Gasteiger partial charge in [0.1, 0.15) is 5.82 Å². The normalized spacial score (nSPS) is 25.9. The molecule has 0 radical (unpaired) electrons. The molecule has 29 heavy (non-hydrogen) atoms. The lowest BCUT2D eigenvalue weighted by Crippen LogP contribution is -2.57. The van der Waals surface area contributed by atoms with Crippen molar-refractivity contribution in [2.75, 3.05) is 19.8 Å². The van der Waals surface area contributed by atoms with Crippen LogP contribution in [0.15, 0.2) is 54.6 Å². The van der Waals surface area contributed by atoms with Gasteiger partial charge in [0, 0.05) is 30.7 Å². The zero-order valence-corrected chi connectivity index (χ0v) is 17.1. The first-order valence-corrected chi connectivity index (χ1v) is 10.8. The monoisotopic (exact) mass is 390 g/mol. The molecule has 2 N–H and O–H groups in total. The molecule has 2 saturated heterocycles. The predicted octanol–water partition coefficient (Wildman–Crippen LogP) is 3.84. The SMILES string of the molecule is Cc1nc2ccccc2n1C1CC2COCC(C1)N2CC[C@@H](N)c1ccccc1. The minimum atomic E-state index is 0.0930. The van der Waals surface area contributed by atoms with E-state index >= 15 is 0 Å². The second kappa shape index (κ2) is 7.90. The molecule has 3 heterocycles. The Morgan fingerprint density at radius 3 is 2.45 bits per heavy atom. The molecular formula is C24H30N4O. The van der Waals surface area contributed by atoms with Crippen molar-refractivity contribution in [3.05, 3.63) is 66.0 Å². The standard InChI is InChI=1S/C24H30N4O/c1-17-26-23-9-5-6-10-24(23)28(17)19-13-20-15-29-16-21(14-19)27(20)12-11-22(25)18-7-3-2-4-8-18/h2-10,19-22H,11-16,25H2,1H3/t19?,20?,21?,22-/m1/s1. The lowest BCUT2D eigenvalue weighted by Gasteiger charge is -2.49. The van der Waals surface area contributed by atoms with E-state index in [2.05, 4.69) is 64.9 Å². The predicted molar refractivity (Wildman–Crippen MR) is 116 cm³/mol. The van der Waals surface area contributed by atoms with E-state index in [9.17, 15) is 0 Å². The lowest BCUT2D eigenvalue weighted by molar-refractivity contribution is -0.0857. The summed E-state index contributed by atoms with van der Waals surface area (Å²) in [4.78, 5) is 7.46. The maximum absolute atomic E-state index is 6.48. The van der Waals surface area contributed by atoms with Gasteiger partial charge in [-0.2, -0.15) is 0 Å². The number of hydrogen-bond acceptors (Lipinski definition) is 4. The summed E-state index contributed by atoms with van der Waals surface area (Å²) in [6.45, 7) is 4.81. The molecular weight excluding hydrogens is 360 g/mol. The quantitative estimate of drug-likeness (QED) is 0.719. The van der Waals surface area contributed by atoms with E-state index in [-0.39, 0.29) is 6.04 Å². The first-order valence-electron chi connectivity index (χ1n) is 10.8. The van der Waals surface area contributed by atoms with E-state index in [4.69, 9.17) is 15.5 Å². The highest BCUT2D eigenvalue weighted by Crippen LogP contribution is 2.37. The molecule has 3 aromatic rings. The zero-order valence-electron chi connectivity index (χ0n) is 17.1. The van der Waals surface area contributed by atoms with Crippen LogP contribution in [-0.2, 0) is 4.74 Å². The van der Waals surface area contributed by atoms with Crippen molar-refractivity contribution in [1.29, 1.82) is 0 Å². The Morgan fingerprint density at radius 1 is 1.00 bits per heavy atom. The van der Waals surface area contributed by atoms with Crippen LogP contribution in [-0.4, -0.2) is 46.3 Å². The van der Waals surface area contributed by atoms with Crippen molar-refractivity contribution >= 4 is 11.0 Å². The molecule has 2 aromatic carbocycles. The van der Waals surface area contributed by atoms with Crippen LogP contribution in [0, 0.1) is 6.92 Å². The number of fused-ring (bicyclic) bond motifs is 3. The number of piperidine rings is 1. The summed E-state index contributed by atoms with van der Waals surface area (Å²) in [7, 11) is 0. The number of rotatable bonds is 5. The molecule has 2 aliphatic heterocycles. The van der Waals surface area contributed by atoms with Crippen LogP contribution >= 0.6 is 0 Å². The van der Waals surface area contributed by atoms with Crippen molar-refractivity contribution in [3.8, 4) is 0 Å². The smallest absolute Gasteiger partial charge is 0.106 e. The van der Waals surface area contributed by atoms with Crippen LogP contribution in [0.25, 0.3) is 11.0 Å². The van der Waals surface area contributed by atoms with Gasteiger partial charge in [0.2, 0.25) is 0 Å². The molecule has 1 aromatic heterocycles. The summed E-state index contributed by atoms with van der Waals surface area (Å²) in [5, 5.41) is 0. The van der Waals surface area contributed by atoms with Crippen molar-refractivity contribution < 1.29 is 4.74 Å². The first-order chi connectivity index (χ1) is 14.2. The van der Waals surface area contributed by atoms with Crippen LogP contribution in [0.1, 0.15) is 42.7 Å². The Kier molecular flexibility index (Phi) is 5.12. The number of para-hydroxylation sites is 2. The van der Waals surface area contributed by atoms with Gasteiger partial charge in [-0.05, 0) is 43.9 Å². The number of morpholine rings is 1. The maximum Gasteiger partial charge on any atom is 0.106 e. The fraction of sp³-hybridized carbons (Fsp3) is 0.458. The van der Waals surface area contributed by atoms with Gasteiger partial charge in [-0.25, -0.2) is 4.98 Å². The zero-order chi connectivity index (χ0) is 19.8. The molecule has 3 atom stereocenters. The fourth-order valence-corrected chi connectivity index (χ4v) is 5.32. The van der Waals surface area contributed by atoms with Gasteiger partial charge in [-0.15, -0.1) is 0 Å². The number of nitrogens with zero attached hydrogens (tertiary/aromatic N) is 3. The van der Waals surface area contributed by atoms with Gasteiger partial charge in [-0.1, -0.05) is 42.5 Å². The average Bonchev–Trinajstić information content (AvgIpc) is 3.07. The molecule has 2 unspecified atom stereocenters. The summed E-state index contributed by atoms with van der Waals surface area (Å²) in [6.07, 6.45) is 3.20. The van der Waals surface area contributed by atoms with Crippen molar-refractivity contribution in [2.24, 2.45) is 5.73 Å². The van der Waals surface area contributed by atoms with Crippen molar-refractivity contribution in [3.63, 3.8) is 0 Å². The Labute approximate surface area is 172 Å². The summed E-state index contributed by atoms with van der Waals surface area (Å²) < 4.78 is 8.41. The topological polar surface area (TPSA) is 56.3 Å². The van der Waals surface area contributed by atoms with Crippen LogP contribution < -0.4 is 5.73 Å².